The Bertz CT molecular complexity index is 607. The average molecular weight is 482 g/mol. The van der Waals surface area contributed by atoms with Gasteiger partial charge in [0, 0.05) is 10.7 Å². The molecule has 112 valence electrons. The minimum atomic E-state index is -0.177. The maximum Gasteiger partial charge on any atom is 0.133 e. The van der Waals surface area contributed by atoms with E-state index in [1.165, 1.54) is 3.57 Å². The molecule has 2 aromatic carbocycles. The van der Waals surface area contributed by atoms with Crippen LogP contribution in [0.25, 0.3) is 0 Å². The largest absolute Gasteiger partial charge is 0.490 e. The lowest BCUT2D eigenvalue weighted by molar-refractivity contribution is 0.146. The SMILES string of the molecule is COCCOc1ccc(C(Cl)c2cccc(I)c2)cc1Br. The van der Waals surface area contributed by atoms with Gasteiger partial charge in [-0.2, -0.15) is 0 Å². The van der Waals surface area contributed by atoms with Crippen LogP contribution in [0.3, 0.4) is 0 Å². The predicted molar refractivity (Wildman–Crippen MR) is 98.4 cm³/mol. The molecule has 0 aliphatic heterocycles. The molecular formula is C16H15BrClIO2. The highest BCUT2D eigenvalue weighted by Gasteiger charge is 2.13. The summed E-state index contributed by atoms with van der Waals surface area (Å²) in [6, 6.07) is 14.1. The van der Waals surface area contributed by atoms with E-state index in [1.54, 1.807) is 7.11 Å². The van der Waals surface area contributed by atoms with Crippen molar-refractivity contribution in [2.75, 3.05) is 20.3 Å². The molecule has 0 heterocycles. The van der Waals surface area contributed by atoms with Gasteiger partial charge in [0.1, 0.15) is 12.4 Å². The molecule has 0 radical (unpaired) electrons. The van der Waals surface area contributed by atoms with Gasteiger partial charge in [0.15, 0.2) is 0 Å². The van der Waals surface area contributed by atoms with Crippen molar-refractivity contribution < 1.29 is 9.47 Å². The molecule has 0 N–H and O–H groups in total. The van der Waals surface area contributed by atoms with E-state index < -0.39 is 0 Å². The molecular weight excluding hydrogens is 466 g/mol. The zero-order valence-corrected chi connectivity index (χ0v) is 16.0. The minimum Gasteiger partial charge on any atom is -0.490 e. The van der Waals surface area contributed by atoms with E-state index in [-0.39, 0.29) is 5.38 Å². The smallest absolute Gasteiger partial charge is 0.133 e. The minimum absolute atomic E-state index is 0.177. The summed E-state index contributed by atoms with van der Waals surface area (Å²) < 4.78 is 12.7. The summed E-state index contributed by atoms with van der Waals surface area (Å²) in [7, 11) is 1.65. The summed E-state index contributed by atoms with van der Waals surface area (Å²) >= 11 is 12.4. The predicted octanol–water partition coefficient (Wildman–Crippen LogP) is 5.41. The van der Waals surface area contributed by atoms with E-state index in [0.29, 0.717) is 13.2 Å². The van der Waals surface area contributed by atoms with Crippen molar-refractivity contribution in [1.82, 2.24) is 0 Å². The summed E-state index contributed by atoms with van der Waals surface area (Å²) in [5, 5.41) is -0.177. The van der Waals surface area contributed by atoms with E-state index in [9.17, 15) is 0 Å². The first-order valence-electron chi connectivity index (χ1n) is 6.42. The highest BCUT2D eigenvalue weighted by atomic mass is 127. The van der Waals surface area contributed by atoms with Crippen LogP contribution in [-0.4, -0.2) is 20.3 Å². The summed E-state index contributed by atoms with van der Waals surface area (Å²) in [6.07, 6.45) is 0. The number of rotatable bonds is 6. The molecule has 21 heavy (non-hydrogen) atoms. The van der Waals surface area contributed by atoms with Crippen LogP contribution >= 0.6 is 50.1 Å². The monoisotopic (exact) mass is 480 g/mol. The first kappa shape index (κ1) is 17.1. The Hall–Kier alpha value is -0.300. The Balaban J connectivity index is 2.15. The molecule has 5 heteroatoms. The highest BCUT2D eigenvalue weighted by Crippen LogP contribution is 2.34. The maximum absolute atomic E-state index is 6.57. The molecule has 0 saturated carbocycles. The number of ether oxygens (including phenoxy) is 2. The van der Waals surface area contributed by atoms with Gasteiger partial charge in [-0.15, -0.1) is 11.6 Å². The molecule has 2 nitrogen and oxygen atoms in total. The molecule has 2 rings (SSSR count). The number of hydrogen-bond donors (Lipinski definition) is 0. The lowest BCUT2D eigenvalue weighted by Crippen LogP contribution is -2.05. The van der Waals surface area contributed by atoms with Crippen molar-refractivity contribution in [1.29, 1.82) is 0 Å². The van der Waals surface area contributed by atoms with Crippen molar-refractivity contribution in [2.45, 2.75) is 5.38 Å². The van der Waals surface area contributed by atoms with Crippen LogP contribution in [0.5, 0.6) is 5.75 Å². The fraction of sp³-hybridized carbons (Fsp3) is 0.250. The van der Waals surface area contributed by atoms with Crippen molar-refractivity contribution in [3.8, 4) is 5.75 Å². The van der Waals surface area contributed by atoms with Gasteiger partial charge in [0.05, 0.1) is 16.5 Å². The Morgan fingerprint density at radius 3 is 2.57 bits per heavy atom. The molecule has 0 aliphatic rings. The van der Waals surface area contributed by atoms with Crippen molar-refractivity contribution >= 4 is 50.1 Å². The summed E-state index contributed by atoms with van der Waals surface area (Å²) in [5.74, 6) is 0.794. The van der Waals surface area contributed by atoms with Crippen LogP contribution in [0.2, 0.25) is 0 Å². The Kier molecular flexibility index (Phi) is 6.79. The third kappa shape index (κ3) is 4.84. The highest BCUT2D eigenvalue weighted by molar-refractivity contribution is 14.1. The Morgan fingerprint density at radius 1 is 1.14 bits per heavy atom. The van der Waals surface area contributed by atoms with Crippen LogP contribution in [0, 0.1) is 3.57 Å². The van der Waals surface area contributed by atoms with Gasteiger partial charge >= 0.3 is 0 Å². The lowest BCUT2D eigenvalue weighted by Gasteiger charge is -2.13. The lowest BCUT2D eigenvalue weighted by atomic mass is 10.0. The summed E-state index contributed by atoms with van der Waals surface area (Å²) in [4.78, 5) is 0. The van der Waals surface area contributed by atoms with Crippen LogP contribution < -0.4 is 4.74 Å². The molecule has 0 bridgehead atoms. The molecule has 0 saturated heterocycles. The molecule has 1 atom stereocenters. The zero-order valence-electron chi connectivity index (χ0n) is 11.5. The molecule has 0 aliphatic carbocycles. The van der Waals surface area contributed by atoms with Gasteiger partial charge in [-0.3, -0.25) is 0 Å². The number of benzene rings is 2. The van der Waals surface area contributed by atoms with E-state index in [1.807, 2.05) is 30.3 Å². The number of halogens is 3. The average Bonchev–Trinajstić information content (AvgIpc) is 2.48. The fourth-order valence-corrected chi connectivity index (χ4v) is 3.23. The fourth-order valence-electron chi connectivity index (χ4n) is 1.88. The normalized spacial score (nSPS) is 12.2. The van der Waals surface area contributed by atoms with Gasteiger partial charge in [-0.05, 0) is 73.9 Å². The summed E-state index contributed by atoms with van der Waals surface area (Å²) in [6.45, 7) is 1.09. The third-order valence-corrected chi connectivity index (χ3v) is 4.73. The second-order valence-electron chi connectivity index (χ2n) is 4.45. The number of methoxy groups -OCH3 is 1. The molecule has 0 aromatic heterocycles. The molecule has 2 aromatic rings. The van der Waals surface area contributed by atoms with Crippen molar-refractivity contribution in [3.05, 3.63) is 61.6 Å². The summed E-state index contributed by atoms with van der Waals surface area (Å²) in [5.41, 5.74) is 2.12. The van der Waals surface area contributed by atoms with Gasteiger partial charge in [0.25, 0.3) is 0 Å². The van der Waals surface area contributed by atoms with Crippen molar-refractivity contribution in [3.63, 3.8) is 0 Å². The molecule has 0 amide bonds. The van der Waals surface area contributed by atoms with E-state index in [0.717, 1.165) is 21.3 Å². The zero-order chi connectivity index (χ0) is 15.2. The molecule has 0 fully saturated rings. The van der Waals surface area contributed by atoms with E-state index >= 15 is 0 Å². The van der Waals surface area contributed by atoms with Gasteiger partial charge < -0.3 is 9.47 Å². The Morgan fingerprint density at radius 2 is 1.90 bits per heavy atom. The van der Waals surface area contributed by atoms with Gasteiger partial charge in [-0.25, -0.2) is 0 Å². The van der Waals surface area contributed by atoms with Crippen LogP contribution in [-0.2, 0) is 4.74 Å². The topological polar surface area (TPSA) is 18.5 Å². The second kappa shape index (κ2) is 8.36. The van der Waals surface area contributed by atoms with Crippen LogP contribution in [0.4, 0.5) is 0 Å². The van der Waals surface area contributed by atoms with Crippen molar-refractivity contribution in [2.24, 2.45) is 0 Å². The number of hydrogen-bond acceptors (Lipinski definition) is 2. The molecule has 1 unspecified atom stereocenters. The van der Waals surface area contributed by atoms with Crippen LogP contribution in [0.15, 0.2) is 46.9 Å². The van der Waals surface area contributed by atoms with Gasteiger partial charge in [-0.1, -0.05) is 18.2 Å². The van der Waals surface area contributed by atoms with Crippen LogP contribution in [0.1, 0.15) is 16.5 Å². The first-order chi connectivity index (χ1) is 10.1. The van der Waals surface area contributed by atoms with E-state index in [4.69, 9.17) is 21.1 Å². The van der Waals surface area contributed by atoms with Gasteiger partial charge in [0.2, 0.25) is 0 Å². The standard InChI is InChI=1S/C16H15BrClIO2/c1-20-7-8-21-15-6-5-12(10-14(15)17)16(18)11-3-2-4-13(19)9-11/h2-6,9-10,16H,7-8H2,1H3. The number of alkyl halides is 1. The maximum atomic E-state index is 6.57. The quantitative estimate of drug-likeness (QED) is 0.312. The first-order valence-corrected chi connectivity index (χ1v) is 8.73. The second-order valence-corrected chi connectivity index (χ2v) is 6.99. The molecule has 0 spiro atoms. The Labute approximate surface area is 152 Å². The van der Waals surface area contributed by atoms with E-state index in [2.05, 4.69) is 50.7 Å². The third-order valence-electron chi connectivity index (χ3n) is 2.93.